The molecule has 2 aromatic heterocycles. The topological polar surface area (TPSA) is 92.4 Å². The van der Waals surface area contributed by atoms with E-state index in [1.807, 2.05) is 22.8 Å². The van der Waals surface area contributed by atoms with Crippen LogP contribution in [-0.4, -0.2) is 62.4 Å². The Balaban J connectivity index is 1.38. The Morgan fingerprint density at radius 3 is 2.80 bits per heavy atom. The Morgan fingerprint density at radius 1 is 1.27 bits per heavy atom. The van der Waals surface area contributed by atoms with Gasteiger partial charge in [0.2, 0.25) is 11.8 Å². The van der Waals surface area contributed by atoms with E-state index in [2.05, 4.69) is 15.1 Å². The number of carbonyl (C=O) groups excluding carboxylic acids is 2. The summed E-state index contributed by atoms with van der Waals surface area (Å²) in [6.07, 6.45) is 7.43. The van der Waals surface area contributed by atoms with Gasteiger partial charge < -0.3 is 14.3 Å². The summed E-state index contributed by atoms with van der Waals surface area (Å²) in [4.78, 5) is 37.7. The summed E-state index contributed by atoms with van der Waals surface area (Å²) in [5, 5.41) is 4.09. The fourth-order valence-corrected chi connectivity index (χ4v) is 4.26. The third-order valence-electron chi connectivity index (χ3n) is 6.19. The Bertz CT molecular complexity index is 908. The van der Waals surface area contributed by atoms with Crippen LogP contribution in [0.5, 0.6) is 0 Å². The van der Waals surface area contributed by atoms with Gasteiger partial charge in [-0.05, 0) is 44.7 Å². The molecule has 160 valence electrons. The van der Waals surface area contributed by atoms with E-state index in [0.717, 1.165) is 37.3 Å². The summed E-state index contributed by atoms with van der Waals surface area (Å²) in [6.45, 7) is 5.24. The van der Waals surface area contributed by atoms with Crippen LogP contribution in [0.2, 0.25) is 0 Å². The lowest BCUT2D eigenvalue weighted by molar-refractivity contribution is -0.132. The van der Waals surface area contributed by atoms with Crippen LogP contribution in [0, 0.1) is 6.92 Å². The zero-order valence-corrected chi connectivity index (χ0v) is 17.7. The van der Waals surface area contributed by atoms with Crippen molar-refractivity contribution in [3.63, 3.8) is 0 Å². The van der Waals surface area contributed by atoms with E-state index in [1.165, 1.54) is 6.42 Å². The van der Waals surface area contributed by atoms with Crippen LogP contribution >= 0.6 is 0 Å². The molecule has 0 bridgehead atoms. The first kappa shape index (κ1) is 20.5. The largest absolute Gasteiger partial charge is 0.339 e. The standard InChI is InChI=1S/C22H29N5O3/c1-15-13-18(8-10-23-15)22(29)26-11-4-7-19(14-26)27(16(2)28)12-9-20-24-21(30-25-20)17-5-3-6-17/h8,10,13,17,19H,3-7,9,11-12,14H2,1-2H3. The van der Waals surface area contributed by atoms with Gasteiger partial charge >= 0.3 is 0 Å². The number of hydrogen-bond donors (Lipinski definition) is 0. The second kappa shape index (κ2) is 8.93. The molecule has 30 heavy (non-hydrogen) atoms. The molecule has 2 amide bonds. The third-order valence-corrected chi connectivity index (χ3v) is 6.19. The summed E-state index contributed by atoms with van der Waals surface area (Å²) < 4.78 is 5.39. The maximum absolute atomic E-state index is 12.9. The number of rotatable bonds is 6. The van der Waals surface area contributed by atoms with Crippen molar-refractivity contribution in [1.29, 1.82) is 0 Å². The second-order valence-corrected chi connectivity index (χ2v) is 8.37. The van der Waals surface area contributed by atoms with Crippen molar-refractivity contribution in [3.8, 4) is 0 Å². The maximum atomic E-state index is 12.9. The molecule has 0 N–H and O–H groups in total. The molecule has 0 radical (unpaired) electrons. The van der Waals surface area contributed by atoms with Crippen LogP contribution in [0.1, 0.15) is 72.7 Å². The van der Waals surface area contributed by atoms with Crippen molar-refractivity contribution >= 4 is 11.8 Å². The Morgan fingerprint density at radius 2 is 2.10 bits per heavy atom. The number of nitrogens with zero attached hydrogens (tertiary/aromatic N) is 5. The lowest BCUT2D eigenvalue weighted by atomic mass is 9.85. The van der Waals surface area contributed by atoms with Crippen LogP contribution < -0.4 is 0 Å². The molecule has 2 aliphatic rings. The summed E-state index contributed by atoms with van der Waals surface area (Å²) in [5.74, 6) is 1.80. The highest BCUT2D eigenvalue weighted by Crippen LogP contribution is 2.35. The predicted octanol–water partition coefficient (Wildman–Crippen LogP) is 2.74. The fraction of sp³-hybridized carbons (Fsp3) is 0.591. The van der Waals surface area contributed by atoms with Crippen molar-refractivity contribution < 1.29 is 14.1 Å². The van der Waals surface area contributed by atoms with E-state index in [9.17, 15) is 9.59 Å². The molecule has 3 heterocycles. The van der Waals surface area contributed by atoms with Crippen LogP contribution in [0.25, 0.3) is 0 Å². The molecule has 0 spiro atoms. The molecule has 8 heteroatoms. The lowest BCUT2D eigenvalue weighted by Crippen LogP contribution is -2.51. The molecule has 4 rings (SSSR count). The average Bonchev–Trinajstić information content (AvgIpc) is 3.14. The molecule has 1 saturated heterocycles. The summed E-state index contributed by atoms with van der Waals surface area (Å²) in [5.41, 5.74) is 1.47. The zero-order valence-electron chi connectivity index (χ0n) is 17.7. The monoisotopic (exact) mass is 411 g/mol. The minimum atomic E-state index is -0.00277. The highest BCUT2D eigenvalue weighted by Gasteiger charge is 2.30. The van der Waals surface area contributed by atoms with E-state index in [0.29, 0.717) is 43.4 Å². The van der Waals surface area contributed by atoms with E-state index in [1.54, 1.807) is 19.2 Å². The second-order valence-electron chi connectivity index (χ2n) is 8.37. The summed E-state index contributed by atoms with van der Waals surface area (Å²) in [6, 6.07) is 3.56. The van der Waals surface area contributed by atoms with Gasteiger partial charge in [0.1, 0.15) is 0 Å². The van der Waals surface area contributed by atoms with Crippen LogP contribution in [0.3, 0.4) is 0 Å². The summed E-state index contributed by atoms with van der Waals surface area (Å²) >= 11 is 0. The molecule has 1 saturated carbocycles. The Hall–Kier alpha value is -2.77. The number of amides is 2. The van der Waals surface area contributed by atoms with Gasteiger partial charge in [0.15, 0.2) is 5.82 Å². The van der Waals surface area contributed by atoms with Crippen molar-refractivity contribution in [1.82, 2.24) is 24.9 Å². The molecule has 2 aromatic rings. The highest BCUT2D eigenvalue weighted by atomic mass is 16.5. The number of carbonyl (C=O) groups is 2. The predicted molar refractivity (Wildman–Crippen MR) is 110 cm³/mol. The molecule has 1 unspecified atom stereocenters. The molecule has 0 aromatic carbocycles. The minimum Gasteiger partial charge on any atom is -0.339 e. The van der Waals surface area contributed by atoms with Crippen molar-refractivity contribution in [2.75, 3.05) is 19.6 Å². The Labute approximate surface area is 176 Å². The first-order valence-electron chi connectivity index (χ1n) is 10.8. The van der Waals surface area contributed by atoms with Crippen molar-refractivity contribution in [2.45, 2.75) is 64.3 Å². The lowest BCUT2D eigenvalue weighted by Gasteiger charge is -2.39. The van der Waals surface area contributed by atoms with E-state index in [4.69, 9.17) is 4.52 Å². The maximum Gasteiger partial charge on any atom is 0.254 e. The average molecular weight is 412 g/mol. The van der Waals surface area contributed by atoms with E-state index < -0.39 is 0 Å². The number of pyridine rings is 1. The summed E-state index contributed by atoms with van der Waals surface area (Å²) in [7, 11) is 0. The Kier molecular flexibility index (Phi) is 6.11. The van der Waals surface area contributed by atoms with Crippen LogP contribution in [0.4, 0.5) is 0 Å². The van der Waals surface area contributed by atoms with Gasteiger partial charge in [0.25, 0.3) is 5.91 Å². The molecule has 1 aliphatic heterocycles. The first-order chi connectivity index (χ1) is 14.5. The number of aryl methyl sites for hydroxylation is 1. The minimum absolute atomic E-state index is 0.00105. The SMILES string of the molecule is CC(=O)N(CCc1noc(C2CCC2)n1)C1CCCN(C(=O)c2ccnc(C)c2)C1. The number of hydrogen-bond acceptors (Lipinski definition) is 6. The van der Waals surface area contributed by atoms with Crippen molar-refractivity contribution in [2.24, 2.45) is 0 Å². The quantitative estimate of drug-likeness (QED) is 0.726. The van der Waals surface area contributed by atoms with Gasteiger partial charge in [0.05, 0.1) is 0 Å². The van der Waals surface area contributed by atoms with E-state index >= 15 is 0 Å². The first-order valence-corrected chi connectivity index (χ1v) is 10.8. The van der Waals surface area contributed by atoms with Crippen LogP contribution in [0.15, 0.2) is 22.9 Å². The number of piperidine rings is 1. The zero-order chi connectivity index (χ0) is 21.1. The highest BCUT2D eigenvalue weighted by molar-refractivity contribution is 5.94. The van der Waals surface area contributed by atoms with Gasteiger partial charge in [-0.3, -0.25) is 14.6 Å². The molecule has 2 fully saturated rings. The molecule has 8 nitrogen and oxygen atoms in total. The normalized spacial score (nSPS) is 19.4. The molecule has 1 aliphatic carbocycles. The molecule has 1 atom stereocenters. The smallest absolute Gasteiger partial charge is 0.254 e. The number of likely N-dealkylation sites (tertiary alicyclic amines) is 1. The third kappa shape index (κ3) is 4.52. The number of aromatic nitrogens is 3. The van der Waals surface area contributed by atoms with Gasteiger partial charge in [-0.2, -0.15) is 4.98 Å². The van der Waals surface area contributed by atoms with Gasteiger partial charge in [-0.1, -0.05) is 11.6 Å². The molecular weight excluding hydrogens is 382 g/mol. The van der Waals surface area contributed by atoms with Gasteiger partial charge in [-0.15, -0.1) is 0 Å². The van der Waals surface area contributed by atoms with Gasteiger partial charge in [-0.25, -0.2) is 0 Å². The van der Waals surface area contributed by atoms with Gasteiger partial charge in [0, 0.05) is 62.4 Å². The fourth-order valence-electron chi connectivity index (χ4n) is 4.26. The van der Waals surface area contributed by atoms with Crippen LogP contribution in [-0.2, 0) is 11.2 Å². The van der Waals surface area contributed by atoms with E-state index in [-0.39, 0.29) is 17.9 Å². The van der Waals surface area contributed by atoms with Crippen molar-refractivity contribution in [3.05, 3.63) is 41.3 Å². The molecular formula is C22H29N5O3.